The molecule has 0 aliphatic rings. The summed E-state index contributed by atoms with van der Waals surface area (Å²) in [5.74, 6) is -0.377. The van der Waals surface area contributed by atoms with E-state index >= 15 is 0 Å². The largest absolute Gasteiger partial charge is 0.322 e. The molecular weight excluding hydrogens is 360 g/mol. The van der Waals surface area contributed by atoms with Crippen LogP contribution in [0, 0.1) is 10.1 Å². The van der Waals surface area contributed by atoms with Crippen LogP contribution in [0.2, 0.25) is 0 Å². The van der Waals surface area contributed by atoms with Gasteiger partial charge in [-0.25, -0.2) is 0 Å². The molecule has 0 saturated carbocycles. The first kappa shape index (κ1) is 17.1. The fourth-order valence-corrected chi connectivity index (χ4v) is 2.63. The van der Waals surface area contributed by atoms with Gasteiger partial charge in [-0.15, -0.1) is 0 Å². The van der Waals surface area contributed by atoms with Gasteiger partial charge < -0.3 is 5.32 Å². The Morgan fingerprint density at radius 3 is 2.43 bits per heavy atom. The number of nitrogens with zero attached hydrogens (tertiary/aromatic N) is 1. The van der Waals surface area contributed by atoms with Crippen LogP contribution in [0.4, 0.5) is 11.4 Å². The van der Waals surface area contributed by atoms with E-state index in [-0.39, 0.29) is 22.6 Å². The number of nitro benzene ring substituents is 1. The summed E-state index contributed by atoms with van der Waals surface area (Å²) < 4.78 is 0.342. The van der Waals surface area contributed by atoms with Crippen LogP contribution in [-0.2, 0) is 5.41 Å². The molecule has 0 heterocycles. The van der Waals surface area contributed by atoms with Crippen LogP contribution < -0.4 is 5.32 Å². The molecule has 0 spiro atoms. The van der Waals surface area contributed by atoms with Gasteiger partial charge in [0.25, 0.3) is 11.6 Å². The number of nitro groups is 1. The molecule has 0 aromatic heterocycles. The monoisotopic (exact) mass is 376 g/mol. The fraction of sp³-hybridized carbons (Fsp3) is 0.235. The first-order valence-electron chi connectivity index (χ1n) is 7.05. The Hall–Kier alpha value is -2.21. The minimum absolute atomic E-state index is 0.129. The lowest BCUT2D eigenvalue weighted by Gasteiger charge is -2.23. The second-order valence-corrected chi connectivity index (χ2v) is 7.03. The van der Waals surface area contributed by atoms with Crippen molar-refractivity contribution in [3.05, 3.63) is 68.2 Å². The molecule has 6 heteroatoms. The molecule has 2 rings (SSSR count). The summed E-state index contributed by atoms with van der Waals surface area (Å²) in [5, 5.41) is 13.8. The van der Waals surface area contributed by atoms with E-state index in [1.165, 1.54) is 12.1 Å². The number of rotatable bonds is 3. The van der Waals surface area contributed by atoms with Gasteiger partial charge in [0, 0.05) is 17.3 Å². The van der Waals surface area contributed by atoms with E-state index < -0.39 is 4.92 Å². The highest BCUT2D eigenvalue weighted by Gasteiger charge is 2.20. The molecule has 120 valence electrons. The lowest BCUT2D eigenvalue weighted by atomic mass is 9.86. The number of hydrogen-bond donors (Lipinski definition) is 1. The number of para-hydroxylation sites is 1. The van der Waals surface area contributed by atoms with Crippen LogP contribution in [0.5, 0.6) is 0 Å². The fourth-order valence-electron chi connectivity index (χ4n) is 2.23. The Morgan fingerprint density at radius 2 is 1.83 bits per heavy atom. The maximum atomic E-state index is 12.4. The van der Waals surface area contributed by atoms with Crippen molar-refractivity contribution < 1.29 is 9.72 Å². The molecule has 23 heavy (non-hydrogen) atoms. The Bertz CT molecular complexity index is 767. The van der Waals surface area contributed by atoms with Crippen molar-refractivity contribution in [2.45, 2.75) is 26.2 Å². The van der Waals surface area contributed by atoms with E-state index in [2.05, 4.69) is 42.0 Å². The molecule has 1 amide bonds. The molecular formula is C17H17BrN2O3. The topological polar surface area (TPSA) is 72.2 Å². The molecule has 0 saturated heterocycles. The summed E-state index contributed by atoms with van der Waals surface area (Å²) in [6.45, 7) is 6.17. The van der Waals surface area contributed by atoms with Crippen LogP contribution in [-0.4, -0.2) is 10.8 Å². The minimum atomic E-state index is -0.524. The molecule has 1 N–H and O–H groups in total. The van der Waals surface area contributed by atoms with Crippen molar-refractivity contribution in [3.8, 4) is 0 Å². The van der Waals surface area contributed by atoms with Gasteiger partial charge in [0.2, 0.25) is 0 Å². The first-order valence-corrected chi connectivity index (χ1v) is 7.84. The number of hydrogen-bond acceptors (Lipinski definition) is 3. The zero-order valence-corrected chi connectivity index (χ0v) is 14.7. The van der Waals surface area contributed by atoms with E-state index in [0.717, 1.165) is 5.56 Å². The highest BCUT2D eigenvalue weighted by molar-refractivity contribution is 9.10. The summed E-state index contributed by atoms with van der Waals surface area (Å²) in [4.78, 5) is 22.9. The first-order chi connectivity index (χ1) is 10.7. The van der Waals surface area contributed by atoms with Gasteiger partial charge in [0.15, 0.2) is 0 Å². The van der Waals surface area contributed by atoms with E-state index in [1.807, 2.05) is 24.3 Å². The van der Waals surface area contributed by atoms with Gasteiger partial charge in [0.1, 0.15) is 0 Å². The van der Waals surface area contributed by atoms with Gasteiger partial charge in [-0.3, -0.25) is 14.9 Å². The second kappa shape index (κ2) is 6.50. The van der Waals surface area contributed by atoms with E-state index in [9.17, 15) is 14.9 Å². The second-order valence-electron chi connectivity index (χ2n) is 6.17. The number of halogens is 1. The molecule has 0 fully saturated rings. The number of anilines is 1. The molecule has 2 aromatic carbocycles. The number of nitrogens with one attached hydrogen (secondary N) is 1. The lowest BCUT2D eigenvalue weighted by Crippen LogP contribution is -2.18. The molecule has 5 nitrogen and oxygen atoms in total. The summed E-state index contributed by atoms with van der Waals surface area (Å²) in [5.41, 5.74) is 1.68. The minimum Gasteiger partial charge on any atom is -0.322 e. The Labute approximate surface area is 143 Å². The van der Waals surface area contributed by atoms with Crippen molar-refractivity contribution >= 4 is 33.2 Å². The van der Waals surface area contributed by atoms with E-state index in [4.69, 9.17) is 0 Å². The van der Waals surface area contributed by atoms with E-state index in [0.29, 0.717) is 10.2 Å². The van der Waals surface area contributed by atoms with Gasteiger partial charge in [0.05, 0.1) is 9.40 Å². The van der Waals surface area contributed by atoms with Crippen molar-refractivity contribution in [2.75, 3.05) is 5.32 Å². The van der Waals surface area contributed by atoms with Crippen molar-refractivity contribution in [2.24, 2.45) is 0 Å². The average molecular weight is 377 g/mol. The highest BCUT2D eigenvalue weighted by atomic mass is 79.9. The molecule has 0 atom stereocenters. The van der Waals surface area contributed by atoms with Crippen LogP contribution in [0.3, 0.4) is 0 Å². The SMILES string of the molecule is CC(C)(C)c1ccccc1NC(=O)c1ccc(Br)c([N+](=O)[O-])c1. The zero-order valence-electron chi connectivity index (χ0n) is 13.1. The molecule has 0 aliphatic heterocycles. The Kier molecular flexibility index (Phi) is 4.85. The third-order valence-corrected chi connectivity index (χ3v) is 4.06. The Balaban J connectivity index is 2.34. The third kappa shape index (κ3) is 3.96. The van der Waals surface area contributed by atoms with Crippen molar-refractivity contribution in [3.63, 3.8) is 0 Å². The van der Waals surface area contributed by atoms with Crippen LogP contribution in [0.15, 0.2) is 46.9 Å². The van der Waals surface area contributed by atoms with Crippen LogP contribution in [0.1, 0.15) is 36.7 Å². The molecule has 0 radical (unpaired) electrons. The highest BCUT2D eigenvalue weighted by Crippen LogP contribution is 2.30. The predicted molar refractivity (Wildman–Crippen MR) is 93.9 cm³/mol. The standard InChI is InChI=1S/C17H17BrN2O3/c1-17(2,3)12-6-4-5-7-14(12)19-16(21)11-8-9-13(18)15(10-11)20(22)23/h4-10H,1-3H3,(H,19,21). The van der Waals surface area contributed by atoms with Crippen LogP contribution >= 0.6 is 15.9 Å². The summed E-state index contributed by atoms with van der Waals surface area (Å²) in [6, 6.07) is 11.9. The van der Waals surface area contributed by atoms with Crippen LogP contribution in [0.25, 0.3) is 0 Å². The number of benzene rings is 2. The average Bonchev–Trinajstić information content (AvgIpc) is 2.46. The number of carbonyl (C=O) groups is 1. The summed E-state index contributed by atoms with van der Waals surface area (Å²) in [6.07, 6.45) is 0. The molecule has 0 bridgehead atoms. The summed E-state index contributed by atoms with van der Waals surface area (Å²) >= 11 is 3.11. The smallest absolute Gasteiger partial charge is 0.284 e. The van der Waals surface area contributed by atoms with Gasteiger partial charge in [-0.1, -0.05) is 39.0 Å². The predicted octanol–water partition coefficient (Wildman–Crippen LogP) is 4.91. The molecule has 0 unspecified atom stereocenters. The quantitative estimate of drug-likeness (QED) is 0.610. The molecule has 0 aliphatic carbocycles. The van der Waals surface area contributed by atoms with Crippen molar-refractivity contribution in [1.82, 2.24) is 0 Å². The summed E-state index contributed by atoms with van der Waals surface area (Å²) in [7, 11) is 0. The lowest BCUT2D eigenvalue weighted by molar-refractivity contribution is -0.385. The molecule has 2 aromatic rings. The number of amides is 1. The number of carbonyl (C=O) groups excluding carboxylic acids is 1. The van der Waals surface area contributed by atoms with Gasteiger partial charge in [-0.05, 0) is 45.1 Å². The third-order valence-electron chi connectivity index (χ3n) is 3.39. The normalized spacial score (nSPS) is 11.1. The Morgan fingerprint density at radius 1 is 1.17 bits per heavy atom. The zero-order chi connectivity index (χ0) is 17.2. The van der Waals surface area contributed by atoms with E-state index in [1.54, 1.807) is 6.07 Å². The van der Waals surface area contributed by atoms with Crippen molar-refractivity contribution in [1.29, 1.82) is 0 Å². The maximum Gasteiger partial charge on any atom is 0.284 e. The maximum absolute atomic E-state index is 12.4. The van der Waals surface area contributed by atoms with Gasteiger partial charge in [-0.2, -0.15) is 0 Å². The van der Waals surface area contributed by atoms with Gasteiger partial charge >= 0.3 is 0 Å².